The van der Waals surface area contributed by atoms with Crippen LogP contribution < -0.4 is 10.3 Å². The smallest absolute Gasteiger partial charge is 0.278 e. The van der Waals surface area contributed by atoms with Crippen LogP contribution in [0.25, 0.3) is 11.1 Å². The average Bonchev–Trinajstić information content (AvgIpc) is 2.67. The molecular weight excluding hydrogens is 461 g/mol. The number of aromatic nitrogens is 2. The Balaban J connectivity index is 0. The maximum atomic E-state index is 13.3. The van der Waals surface area contributed by atoms with E-state index in [0.29, 0.717) is 29.7 Å². The molecule has 2 aromatic rings. The van der Waals surface area contributed by atoms with Gasteiger partial charge < -0.3 is 12.2 Å². The zero-order chi connectivity index (χ0) is 22.0. The molecule has 0 atom stereocenters. The number of ether oxygens (including phenoxy) is 1. The Hall–Kier alpha value is -1.44. The summed E-state index contributed by atoms with van der Waals surface area (Å²) in [6.45, 7) is 17.1. The predicted octanol–water partition coefficient (Wildman–Crippen LogP) is 5.95. The van der Waals surface area contributed by atoms with Crippen molar-refractivity contribution >= 4 is 0 Å². The molecule has 0 unspecified atom stereocenters. The van der Waals surface area contributed by atoms with Gasteiger partial charge in [-0.15, -0.1) is 5.92 Å². The Kier molecular flexibility index (Phi) is 16.6. The first-order valence-corrected chi connectivity index (χ1v) is 10.6. The van der Waals surface area contributed by atoms with Gasteiger partial charge in [0.15, 0.2) is 5.75 Å². The Morgan fingerprint density at radius 1 is 1.10 bits per heavy atom. The van der Waals surface area contributed by atoms with Crippen LogP contribution in [0.4, 0.5) is 0 Å². The summed E-state index contributed by atoms with van der Waals surface area (Å²) in [5.41, 5.74) is 3.24. The number of benzene rings is 1. The van der Waals surface area contributed by atoms with Gasteiger partial charge in [-0.1, -0.05) is 71.7 Å². The van der Waals surface area contributed by atoms with E-state index < -0.39 is 0 Å². The van der Waals surface area contributed by atoms with Crippen LogP contribution in [0.3, 0.4) is 0 Å². The molecule has 1 aromatic carbocycles. The SMILES string of the molecule is CC.CC#CCOc1c(CC(C)C)nn(CC(C)C)c(=O)c1-c1ccccc1C.[CH3-].[Y]. The minimum absolute atomic E-state index is 0. The first-order valence-electron chi connectivity index (χ1n) is 10.6. The number of rotatable bonds is 7. The van der Waals surface area contributed by atoms with Crippen LogP contribution in [0.15, 0.2) is 29.1 Å². The molecule has 1 radical (unpaired) electrons. The molecule has 5 heteroatoms. The van der Waals surface area contributed by atoms with Gasteiger partial charge in [-0.3, -0.25) is 4.79 Å². The minimum Gasteiger partial charge on any atom is -0.478 e. The number of aryl methyl sites for hydroxylation is 1. The maximum absolute atomic E-state index is 13.3. The fraction of sp³-hybridized carbons (Fsp3) is 0.500. The monoisotopic (exact) mass is 500 g/mol. The van der Waals surface area contributed by atoms with Crippen LogP contribution in [0.5, 0.6) is 5.75 Å². The topological polar surface area (TPSA) is 44.1 Å². The predicted molar refractivity (Wildman–Crippen MR) is 129 cm³/mol. The summed E-state index contributed by atoms with van der Waals surface area (Å²) in [4.78, 5) is 13.3. The fourth-order valence-electron chi connectivity index (χ4n) is 3.02. The second kappa shape index (κ2) is 16.2. The van der Waals surface area contributed by atoms with Gasteiger partial charge in [0.05, 0.1) is 5.56 Å². The second-order valence-electron chi connectivity index (χ2n) is 7.66. The number of nitrogens with zero attached hydrogens (tertiary/aromatic N) is 2. The molecule has 2 rings (SSSR count). The molecular formula is C26H39N2O2Y-. The molecule has 4 nitrogen and oxygen atoms in total. The summed E-state index contributed by atoms with van der Waals surface area (Å²) in [6.07, 6.45) is 0.742. The third-order valence-corrected chi connectivity index (χ3v) is 4.20. The summed E-state index contributed by atoms with van der Waals surface area (Å²) < 4.78 is 7.61. The molecule has 0 aliphatic heterocycles. The molecule has 31 heavy (non-hydrogen) atoms. The van der Waals surface area contributed by atoms with Crippen molar-refractivity contribution in [2.45, 2.75) is 68.4 Å². The third-order valence-electron chi connectivity index (χ3n) is 4.20. The molecule has 0 aliphatic carbocycles. The molecule has 1 aromatic heterocycles. The Labute approximate surface area is 215 Å². The zero-order valence-corrected chi connectivity index (χ0v) is 23.7. The normalized spacial score (nSPS) is 9.61. The molecule has 0 amide bonds. The van der Waals surface area contributed by atoms with E-state index in [4.69, 9.17) is 4.74 Å². The van der Waals surface area contributed by atoms with Crippen molar-refractivity contribution in [2.75, 3.05) is 6.61 Å². The summed E-state index contributed by atoms with van der Waals surface area (Å²) in [5.74, 6) is 7.06. The van der Waals surface area contributed by atoms with Crippen LogP contribution in [-0.2, 0) is 45.7 Å². The molecule has 0 fully saturated rings. The molecule has 0 saturated carbocycles. The first-order chi connectivity index (χ1) is 13.8. The van der Waals surface area contributed by atoms with Crippen LogP contribution in [0, 0.1) is 38.0 Å². The van der Waals surface area contributed by atoms with Gasteiger partial charge in [-0.2, -0.15) is 5.10 Å². The van der Waals surface area contributed by atoms with E-state index in [1.165, 1.54) is 0 Å². The molecule has 0 aliphatic rings. The number of hydrogen-bond donors (Lipinski definition) is 0. The van der Waals surface area contributed by atoms with Gasteiger partial charge in [-0.05, 0) is 43.2 Å². The van der Waals surface area contributed by atoms with Gasteiger partial charge in [0, 0.05) is 39.3 Å². The third kappa shape index (κ3) is 9.30. The van der Waals surface area contributed by atoms with Crippen molar-refractivity contribution in [2.24, 2.45) is 11.8 Å². The summed E-state index contributed by atoms with van der Waals surface area (Å²) >= 11 is 0. The molecule has 0 spiro atoms. The Morgan fingerprint density at radius 3 is 2.23 bits per heavy atom. The van der Waals surface area contributed by atoms with Crippen LogP contribution >= 0.6 is 0 Å². The second-order valence-corrected chi connectivity index (χ2v) is 7.66. The summed E-state index contributed by atoms with van der Waals surface area (Å²) in [5, 5.41) is 4.68. The van der Waals surface area contributed by atoms with Crippen LogP contribution in [0.2, 0.25) is 0 Å². The largest absolute Gasteiger partial charge is 0.478 e. The van der Waals surface area contributed by atoms with Gasteiger partial charge in [0.2, 0.25) is 0 Å². The maximum Gasteiger partial charge on any atom is 0.278 e. The van der Waals surface area contributed by atoms with E-state index in [-0.39, 0.29) is 52.3 Å². The van der Waals surface area contributed by atoms with Crippen LogP contribution in [-0.4, -0.2) is 16.4 Å². The van der Waals surface area contributed by atoms with Crippen LogP contribution in [0.1, 0.15) is 59.7 Å². The molecule has 0 saturated heterocycles. The van der Waals surface area contributed by atoms with E-state index >= 15 is 0 Å². The van der Waals surface area contributed by atoms with Crippen molar-refractivity contribution in [1.29, 1.82) is 0 Å². The van der Waals surface area contributed by atoms with Crippen molar-refractivity contribution in [3.63, 3.8) is 0 Å². The average molecular weight is 501 g/mol. The van der Waals surface area contributed by atoms with E-state index in [1.807, 2.05) is 45.0 Å². The standard InChI is InChI=1S/C23H30N2O2.C2H6.CH3.Y/c1-7-8-13-27-22-20(14-16(2)3)24-25(15-17(4)5)23(26)21(22)19-12-10-9-11-18(19)6;1-2;;/h9-12,16-17H,13-15H2,1-6H3;1-2H3;1H3;/q;;-1;. The van der Waals surface area contributed by atoms with Crippen molar-refractivity contribution in [3.05, 3.63) is 53.3 Å². The summed E-state index contributed by atoms with van der Waals surface area (Å²) in [7, 11) is 0. The van der Waals surface area contributed by atoms with Crippen molar-refractivity contribution < 1.29 is 37.4 Å². The quantitative estimate of drug-likeness (QED) is 0.349. The van der Waals surface area contributed by atoms with E-state index in [0.717, 1.165) is 23.2 Å². The van der Waals surface area contributed by atoms with Gasteiger partial charge >= 0.3 is 0 Å². The molecule has 1 heterocycles. The minimum atomic E-state index is -0.107. The Morgan fingerprint density at radius 2 is 1.71 bits per heavy atom. The molecule has 0 bridgehead atoms. The van der Waals surface area contributed by atoms with E-state index in [2.05, 4.69) is 44.6 Å². The van der Waals surface area contributed by atoms with Gasteiger partial charge in [0.25, 0.3) is 5.56 Å². The number of hydrogen-bond acceptors (Lipinski definition) is 3. The first kappa shape index (κ1) is 31.7. The van der Waals surface area contributed by atoms with Gasteiger partial charge in [0.1, 0.15) is 12.3 Å². The van der Waals surface area contributed by atoms with Crippen molar-refractivity contribution in [3.8, 4) is 28.7 Å². The van der Waals surface area contributed by atoms with Gasteiger partial charge in [-0.25, -0.2) is 4.68 Å². The fourth-order valence-corrected chi connectivity index (χ4v) is 3.02. The zero-order valence-electron chi connectivity index (χ0n) is 20.9. The van der Waals surface area contributed by atoms with E-state index in [1.54, 1.807) is 11.6 Å². The Bertz CT molecular complexity index is 906. The van der Waals surface area contributed by atoms with Crippen molar-refractivity contribution in [1.82, 2.24) is 9.78 Å². The molecule has 0 N–H and O–H groups in total. The molecule has 169 valence electrons. The summed E-state index contributed by atoms with van der Waals surface area (Å²) in [6, 6.07) is 7.92. The van der Waals surface area contributed by atoms with E-state index in [9.17, 15) is 4.79 Å².